The summed E-state index contributed by atoms with van der Waals surface area (Å²) in [7, 11) is -2.61. The minimum atomic E-state index is -4.25. The maximum Gasteiger partial charge on any atom is 0.292 e. The molecule has 8 nitrogen and oxygen atoms in total. The predicted octanol–water partition coefficient (Wildman–Crippen LogP) is 1.89. The number of rotatable bonds is 4. The fourth-order valence-electron chi connectivity index (χ4n) is 1.97. The van der Waals surface area contributed by atoms with Gasteiger partial charge in [-0.15, -0.1) is 0 Å². The van der Waals surface area contributed by atoms with Crippen molar-refractivity contribution < 1.29 is 17.7 Å². The Balaban J connectivity index is 2.54. The van der Waals surface area contributed by atoms with Gasteiger partial charge in [-0.3, -0.25) is 19.5 Å². The fourth-order valence-corrected chi connectivity index (χ4v) is 3.30. The molecule has 22 heavy (non-hydrogen) atoms. The minimum absolute atomic E-state index is 0.237. The molecule has 1 aromatic heterocycles. The van der Waals surface area contributed by atoms with Gasteiger partial charge in [0.25, 0.3) is 15.7 Å². The number of nitrogens with zero attached hydrogens (tertiary/aromatic N) is 3. The maximum atomic E-state index is 13.1. The van der Waals surface area contributed by atoms with E-state index in [2.05, 4.69) is 9.82 Å². The van der Waals surface area contributed by atoms with Gasteiger partial charge in [0, 0.05) is 7.05 Å². The van der Waals surface area contributed by atoms with Gasteiger partial charge >= 0.3 is 0 Å². The Morgan fingerprint density at radius 1 is 1.36 bits per heavy atom. The average Bonchev–Trinajstić information content (AvgIpc) is 2.64. The summed E-state index contributed by atoms with van der Waals surface area (Å²) in [6.45, 7) is 3.25. The molecule has 0 radical (unpaired) electrons. The molecule has 0 spiro atoms. The van der Waals surface area contributed by atoms with Crippen LogP contribution in [0.1, 0.15) is 11.4 Å². The highest BCUT2D eigenvalue weighted by atomic mass is 32.2. The second kappa shape index (κ2) is 5.37. The Bertz CT molecular complexity index is 860. The van der Waals surface area contributed by atoms with Crippen molar-refractivity contribution in [3.05, 3.63) is 45.5 Å². The molecule has 0 aliphatic carbocycles. The lowest BCUT2D eigenvalue weighted by Gasteiger charge is -2.09. The smallest absolute Gasteiger partial charge is 0.276 e. The van der Waals surface area contributed by atoms with Crippen molar-refractivity contribution >= 4 is 21.4 Å². The second-order valence-corrected chi connectivity index (χ2v) is 6.29. The number of sulfonamides is 1. The fraction of sp³-hybridized carbons (Fsp3) is 0.250. The number of anilines is 1. The van der Waals surface area contributed by atoms with Crippen LogP contribution >= 0.6 is 0 Å². The molecule has 2 aromatic rings. The SMILES string of the molecule is Cc1nn(C)c(C)c1NS(=O)(=O)c1ccc(F)cc1[N+](=O)[O-]. The van der Waals surface area contributed by atoms with Crippen LogP contribution in [-0.2, 0) is 17.1 Å². The quantitative estimate of drug-likeness (QED) is 0.681. The largest absolute Gasteiger partial charge is 0.292 e. The molecule has 0 aliphatic rings. The van der Waals surface area contributed by atoms with Gasteiger partial charge in [0.05, 0.1) is 28.1 Å². The van der Waals surface area contributed by atoms with Crippen LogP contribution in [0, 0.1) is 29.8 Å². The molecule has 0 saturated carbocycles. The number of hydrogen-bond acceptors (Lipinski definition) is 5. The van der Waals surface area contributed by atoms with Crippen LogP contribution in [-0.4, -0.2) is 23.1 Å². The summed E-state index contributed by atoms with van der Waals surface area (Å²) in [5, 5.41) is 15.0. The van der Waals surface area contributed by atoms with Gasteiger partial charge in [0.2, 0.25) is 0 Å². The van der Waals surface area contributed by atoms with Gasteiger partial charge in [0.1, 0.15) is 5.82 Å². The number of aryl methyl sites for hydroxylation is 2. The van der Waals surface area contributed by atoms with Crippen LogP contribution < -0.4 is 4.72 Å². The van der Waals surface area contributed by atoms with E-state index in [0.717, 1.165) is 12.1 Å². The molecule has 0 fully saturated rings. The Labute approximate surface area is 125 Å². The van der Waals surface area contributed by atoms with Crippen LogP contribution in [0.15, 0.2) is 23.1 Å². The van der Waals surface area contributed by atoms with Crippen LogP contribution in [0.3, 0.4) is 0 Å². The van der Waals surface area contributed by atoms with E-state index < -0.39 is 31.3 Å². The zero-order chi connectivity index (χ0) is 16.7. The van der Waals surface area contributed by atoms with E-state index >= 15 is 0 Å². The highest BCUT2D eigenvalue weighted by Crippen LogP contribution is 2.28. The molecular formula is C12H13FN4O4S. The van der Waals surface area contributed by atoms with Crippen molar-refractivity contribution in [1.29, 1.82) is 0 Å². The summed E-state index contributed by atoms with van der Waals surface area (Å²) in [5.41, 5.74) is 0.381. The molecule has 0 bridgehead atoms. The first-order valence-electron chi connectivity index (χ1n) is 6.10. The molecule has 0 saturated heterocycles. The number of halogens is 1. The third-order valence-corrected chi connectivity index (χ3v) is 4.55. The van der Waals surface area contributed by atoms with E-state index in [9.17, 15) is 22.9 Å². The zero-order valence-corrected chi connectivity index (χ0v) is 12.8. The molecule has 0 unspecified atom stereocenters. The summed E-state index contributed by atoms with van der Waals surface area (Å²) < 4.78 is 41.6. The Hall–Kier alpha value is -2.49. The Kier molecular flexibility index (Phi) is 3.88. The molecule has 10 heteroatoms. The number of nitro benzene ring substituents is 1. The Morgan fingerprint density at radius 3 is 2.50 bits per heavy atom. The molecule has 1 heterocycles. The van der Waals surface area contributed by atoms with Gasteiger partial charge in [-0.25, -0.2) is 12.8 Å². The molecule has 0 aliphatic heterocycles. The van der Waals surface area contributed by atoms with Gasteiger partial charge < -0.3 is 0 Å². The normalized spacial score (nSPS) is 11.5. The van der Waals surface area contributed by atoms with Crippen molar-refractivity contribution in [1.82, 2.24) is 9.78 Å². The van der Waals surface area contributed by atoms with Crippen molar-refractivity contribution in [2.45, 2.75) is 18.7 Å². The first-order valence-corrected chi connectivity index (χ1v) is 7.58. The first kappa shape index (κ1) is 15.9. The predicted molar refractivity (Wildman–Crippen MR) is 76.5 cm³/mol. The van der Waals surface area contributed by atoms with Gasteiger partial charge in [-0.2, -0.15) is 5.10 Å². The van der Waals surface area contributed by atoms with Gasteiger partial charge in [-0.1, -0.05) is 0 Å². The Morgan fingerprint density at radius 2 is 2.00 bits per heavy atom. The highest BCUT2D eigenvalue weighted by Gasteiger charge is 2.28. The second-order valence-electron chi connectivity index (χ2n) is 4.64. The van der Waals surface area contributed by atoms with Crippen molar-refractivity contribution in [2.75, 3.05) is 4.72 Å². The molecule has 0 atom stereocenters. The lowest BCUT2D eigenvalue weighted by atomic mass is 10.3. The summed E-state index contributed by atoms with van der Waals surface area (Å²) in [6.07, 6.45) is 0. The van der Waals surface area contributed by atoms with Crippen LogP contribution in [0.25, 0.3) is 0 Å². The summed E-state index contributed by atoms with van der Waals surface area (Å²) >= 11 is 0. The summed E-state index contributed by atoms with van der Waals surface area (Å²) in [4.78, 5) is 9.39. The third kappa shape index (κ3) is 2.77. The van der Waals surface area contributed by atoms with E-state index in [4.69, 9.17) is 0 Å². The average molecular weight is 328 g/mol. The standard InChI is InChI=1S/C12H13FN4O4S/c1-7-12(8(2)16(3)14-7)15-22(20,21)11-5-4-9(13)6-10(11)17(18)19/h4-6,15H,1-3H3. The maximum absolute atomic E-state index is 13.1. The zero-order valence-electron chi connectivity index (χ0n) is 12.0. The number of hydrogen-bond donors (Lipinski definition) is 1. The van der Waals surface area contributed by atoms with E-state index in [0.29, 0.717) is 17.5 Å². The van der Waals surface area contributed by atoms with Crippen molar-refractivity contribution in [3.63, 3.8) is 0 Å². The molecule has 1 N–H and O–H groups in total. The highest BCUT2D eigenvalue weighted by molar-refractivity contribution is 7.92. The van der Waals surface area contributed by atoms with E-state index in [1.807, 2.05) is 0 Å². The lowest BCUT2D eigenvalue weighted by molar-refractivity contribution is -0.388. The van der Waals surface area contributed by atoms with E-state index in [1.54, 1.807) is 20.9 Å². The number of nitrogens with one attached hydrogen (secondary N) is 1. The minimum Gasteiger partial charge on any atom is -0.276 e. The lowest BCUT2D eigenvalue weighted by Crippen LogP contribution is -2.16. The van der Waals surface area contributed by atoms with Crippen LogP contribution in [0.2, 0.25) is 0 Å². The number of benzene rings is 1. The monoisotopic (exact) mass is 328 g/mol. The van der Waals surface area contributed by atoms with Crippen molar-refractivity contribution in [3.8, 4) is 0 Å². The van der Waals surface area contributed by atoms with E-state index in [-0.39, 0.29) is 5.69 Å². The van der Waals surface area contributed by atoms with E-state index in [1.165, 1.54) is 4.68 Å². The number of nitro groups is 1. The van der Waals surface area contributed by atoms with Crippen molar-refractivity contribution in [2.24, 2.45) is 7.05 Å². The van der Waals surface area contributed by atoms with Crippen LogP contribution in [0.5, 0.6) is 0 Å². The molecule has 118 valence electrons. The van der Waals surface area contributed by atoms with Gasteiger partial charge in [-0.05, 0) is 26.0 Å². The molecule has 2 rings (SSSR count). The molecule has 1 aromatic carbocycles. The molecule has 0 amide bonds. The topological polar surface area (TPSA) is 107 Å². The van der Waals surface area contributed by atoms with Gasteiger partial charge in [0.15, 0.2) is 4.90 Å². The number of aromatic nitrogens is 2. The first-order chi connectivity index (χ1) is 10.1. The summed E-state index contributed by atoms with van der Waals surface area (Å²) in [6, 6.07) is 2.28. The van der Waals surface area contributed by atoms with Crippen LogP contribution in [0.4, 0.5) is 15.8 Å². The third-order valence-electron chi connectivity index (χ3n) is 3.15. The summed E-state index contributed by atoms with van der Waals surface area (Å²) in [5.74, 6) is -0.889. The molecular weight excluding hydrogens is 315 g/mol.